The lowest BCUT2D eigenvalue weighted by atomic mass is 10.2. The molecule has 0 bridgehead atoms. The minimum Gasteiger partial charge on any atom is -0.457 e. The van der Waals surface area contributed by atoms with E-state index < -0.39 is 6.04 Å². The van der Waals surface area contributed by atoms with Gasteiger partial charge in [-0.15, -0.1) is 11.8 Å². The first kappa shape index (κ1) is 20.2. The second-order valence-electron chi connectivity index (χ2n) is 6.45. The Labute approximate surface area is 167 Å². The van der Waals surface area contributed by atoms with Gasteiger partial charge in [0.15, 0.2) is 0 Å². The summed E-state index contributed by atoms with van der Waals surface area (Å²) in [4.78, 5) is 26.4. The fourth-order valence-corrected chi connectivity index (χ4v) is 3.62. The number of hydrogen-bond acceptors (Lipinski definition) is 5. The van der Waals surface area contributed by atoms with E-state index in [2.05, 4.69) is 10.6 Å². The number of halogens is 1. The van der Waals surface area contributed by atoms with Crippen molar-refractivity contribution in [1.29, 1.82) is 0 Å². The van der Waals surface area contributed by atoms with Crippen LogP contribution in [0.25, 0.3) is 0 Å². The van der Waals surface area contributed by atoms with Crippen LogP contribution in [0.5, 0.6) is 11.5 Å². The molecule has 1 atom stereocenters. The molecule has 1 heterocycles. The summed E-state index contributed by atoms with van der Waals surface area (Å²) in [5.41, 5.74) is 0.591. The van der Waals surface area contributed by atoms with Crippen LogP contribution in [0.1, 0.15) is 6.92 Å². The van der Waals surface area contributed by atoms with E-state index in [9.17, 15) is 14.0 Å². The minimum absolute atomic E-state index is 0.159. The van der Waals surface area contributed by atoms with Crippen molar-refractivity contribution in [2.75, 3.05) is 30.0 Å². The second kappa shape index (κ2) is 9.57. The molecule has 3 rings (SSSR count). The van der Waals surface area contributed by atoms with Crippen LogP contribution >= 0.6 is 11.8 Å². The molecule has 0 aliphatic carbocycles. The zero-order valence-corrected chi connectivity index (χ0v) is 16.3. The van der Waals surface area contributed by atoms with Crippen LogP contribution in [-0.4, -0.2) is 47.5 Å². The fourth-order valence-electron chi connectivity index (χ4n) is 2.63. The lowest BCUT2D eigenvalue weighted by molar-refractivity contribution is -0.126. The van der Waals surface area contributed by atoms with Gasteiger partial charge in [-0.25, -0.2) is 4.39 Å². The SMILES string of the molecule is CC(NC(=O)CN1CCSC1)C(=O)Nc1ccc(Oc2ccc(F)cc2)cc1. The molecule has 1 fully saturated rings. The lowest BCUT2D eigenvalue weighted by Crippen LogP contribution is -2.45. The number of thioether (sulfide) groups is 1. The Bertz CT molecular complexity index is 808. The number of anilines is 1. The molecule has 8 heteroatoms. The van der Waals surface area contributed by atoms with Crippen LogP contribution < -0.4 is 15.4 Å². The monoisotopic (exact) mass is 403 g/mol. The van der Waals surface area contributed by atoms with Crippen molar-refractivity contribution >= 4 is 29.3 Å². The number of carbonyl (C=O) groups is 2. The molecule has 0 saturated carbocycles. The van der Waals surface area contributed by atoms with Crippen LogP contribution in [0.4, 0.5) is 10.1 Å². The van der Waals surface area contributed by atoms with E-state index in [1.807, 2.05) is 4.90 Å². The Morgan fingerprint density at radius 3 is 2.39 bits per heavy atom. The first-order chi connectivity index (χ1) is 13.5. The zero-order chi connectivity index (χ0) is 19.9. The van der Waals surface area contributed by atoms with E-state index in [1.54, 1.807) is 43.0 Å². The Kier molecular flexibility index (Phi) is 6.89. The number of nitrogens with zero attached hydrogens (tertiary/aromatic N) is 1. The molecule has 1 saturated heterocycles. The molecule has 2 amide bonds. The third-order valence-corrected chi connectivity index (χ3v) is 5.15. The quantitative estimate of drug-likeness (QED) is 0.744. The van der Waals surface area contributed by atoms with Gasteiger partial charge in [0.1, 0.15) is 23.4 Å². The van der Waals surface area contributed by atoms with Crippen molar-refractivity contribution in [3.63, 3.8) is 0 Å². The third-order valence-electron chi connectivity index (χ3n) is 4.13. The van der Waals surface area contributed by atoms with Crippen molar-refractivity contribution in [1.82, 2.24) is 10.2 Å². The van der Waals surface area contributed by atoms with Crippen molar-refractivity contribution in [3.8, 4) is 11.5 Å². The zero-order valence-electron chi connectivity index (χ0n) is 15.5. The van der Waals surface area contributed by atoms with Gasteiger partial charge in [-0.3, -0.25) is 14.5 Å². The Hall–Kier alpha value is -2.58. The molecular weight excluding hydrogens is 381 g/mol. The van der Waals surface area contributed by atoms with Crippen molar-refractivity contribution in [3.05, 3.63) is 54.3 Å². The molecule has 2 aromatic carbocycles. The third kappa shape index (κ3) is 5.97. The highest BCUT2D eigenvalue weighted by molar-refractivity contribution is 7.99. The van der Waals surface area contributed by atoms with Crippen LogP contribution in [0.15, 0.2) is 48.5 Å². The molecule has 6 nitrogen and oxygen atoms in total. The van der Waals surface area contributed by atoms with Crippen molar-refractivity contribution in [2.24, 2.45) is 0 Å². The largest absolute Gasteiger partial charge is 0.457 e. The van der Waals surface area contributed by atoms with Crippen LogP contribution in [0.3, 0.4) is 0 Å². The molecule has 0 aromatic heterocycles. The van der Waals surface area contributed by atoms with Gasteiger partial charge in [0.25, 0.3) is 0 Å². The first-order valence-corrected chi connectivity index (χ1v) is 10.1. The molecule has 1 aliphatic rings. The second-order valence-corrected chi connectivity index (χ2v) is 7.52. The van der Waals surface area contributed by atoms with Crippen LogP contribution in [0.2, 0.25) is 0 Å². The number of hydrogen-bond donors (Lipinski definition) is 2. The molecule has 1 aliphatic heterocycles. The summed E-state index contributed by atoms with van der Waals surface area (Å²) in [6, 6.07) is 11.9. The molecule has 1 unspecified atom stereocenters. The van der Waals surface area contributed by atoms with E-state index in [4.69, 9.17) is 4.74 Å². The van der Waals surface area contributed by atoms with Gasteiger partial charge in [0.05, 0.1) is 6.54 Å². The molecule has 0 spiro atoms. The first-order valence-electron chi connectivity index (χ1n) is 8.93. The standard InChI is InChI=1S/C20H22FN3O3S/c1-14(22-19(25)12-24-10-11-28-13-24)20(26)23-16-4-8-18(9-5-16)27-17-6-2-15(21)3-7-17/h2-9,14H,10-13H2,1H3,(H,22,25)(H,23,26). The summed E-state index contributed by atoms with van der Waals surface area (Å²) >= 11 is 1.79. The van der Waals surface area contributed by atoms with E-state index in [0.717, 1.165) is 18.2 Å². The average molecular weight is 403 g/mol. The summed E-state index contributed by atoms with van der Waals surface area (Å²) in [6.45, 7) is 2.85. The maximum absolute atomic E-state index is 12.9. The maximum Gasteiger partial charge on any atom is 0.246 e. The molecule has 2 aromatic rings. The fraction of sp³-hybridized carbons (Fsp3) is 0.300. The van der Waals surface area contributed by atoms with Gasteiger partial charge in [0.2, 0.25) is 11.8 Å². The molecule has 0 radical (unpaired) electrons. The number of nitrogens with one attached hydrogen (secondary N) is 2. The minimum atomic E-state index is -0.641. The van der Waals surface area contributed by atoms with Gasteiger partial charge in [-0.2, -0.15) is 0 Å². The Balaban J connectivity index is 1.47. The van der Waals surface area contributed by atoms with Crippen LogP contribution in [0, 0.1) is 5.82 Å². The highest BCUT2D eigenvalue weighted by Gasteiger charge is 2.19. The predicted octanol–water partition coefficient (Wildman–Crippen LogP) is 3.07. The Morgan fingerprint density at radius 2 is 1.79 bits per heavy atom. The van der Waals surface area contributed by atoms with E-state index in [0.29, 0.717) is 23.7 Å². The van der Waals surface area contributed by atoms with E-state index in [1.165, 1.54) is 24.3 Å². The van der Waals surface area contributed by atoms with Gasteiger partial charge in [0, 0.05) is 23.9 Å². The number of amides is 2. The van der Waals surface area contributed by atoms with E-state index >= 15 is 0 Å². The van der Waals surface area contributed by atoms with Gasteiger partial charge >= 0.3 is 0 Å². The summed E-state index contributed by atoms with van der Waals surface area (Å²) in [7, 11) is 0. The van der Waals surface area contributed by atoms with Crippen molar-refractivity contribution < 1.29 is 18.7 Å². The average Bonchev–Trinajstić information content (AvgIpc) is 3.18. The highest BCUT2D eigenvalue weighted by atomic mass is 32.2. The molecule has 2 N–H and O–H groups in total. The maximum atomic E-state index is 12.9. The Morgan fingerprint density at radius 1 is 1.14 bits per heavy atom. The summed E-state index contributed by atoms with van der Waals surface area (Å²) in [5, 5.41) is 5.48. The number of rotatable bonds is 7. The summed E-state index contributed by atoms with van der Waals surface area (Å²) in [6.07, 6.45) is 0. The summed E-state index contributed by atoms with van der Waals surface area (Å²) in [5.74, 6) is 2.18. The summed E-state index contributed by atoms with van der Waals surface area (Å²) < 4.78 is 18.5. The molecule has 28 heavy (non-hydrogen) atoms. The van der Waals surface area contributed by atoms with E-state index in [-0.39, 0.29) is 17.6 Å². The number of carbonyl (C=O) groups excluding carboxylic acids is 2. The predicted molar refractivity (Wildman–Crippen MR) is 108 cm³/mol. The molecular formula is C20H22FN3O3S. The normalized spacial score (nSPS) is 15.1. The lowest BCUT2D eigenvalue weighted by Gasteiger charge is -2.17. The molecule has 148 valence electrons. The number of benzene rings is 2. The van der Waals surface area contributed by atoms with Crippen LogP contribution in [-0.2, 0) is 9.59 Å². The van der Waals surface area contributed by atoms with Gasteiger partial charge in [-0.05, 0) is 55.5 Å². The topological polar surface area (TPSA) is 70.7 Å². The van der Waals surface area contributed by atoms with Gasteiger partial charge < -0.3 is 15.4 Å². The number of ether oxygens (including phenoxy) is 1. The van der Waals surface area contributed by atoms with Crippen molar-refractivity contribution in [2.45, 2.75) is 13.0 Å². The smallest absolute Gasteiger partial charge is 0.246 e. The van der Waals surface area contributed by atoms with Gasteiger partial charge in [-0.1, -0.05) is 0 Å². The highest BCUT2D eigenvalue weighted by Crippen LogP contribution is 2.23.